The standard InChI is InChI=1S/C13H14FN3/c1-9-2-3-11(14)12(4-9)17-8-16-7-13(17)10-5-15-6-10/h2-4,7-8,10,15H,5-6H2,1H3. The molecule has 0 atom stereocenters. The van der Waals surface area contributed by atoms with Crippen molar-refractivity contribution in [3.8, 4) is 5.69 Å². The van der Waals surface area contributed by atoms with Crippen molar-refractivity contribution < 1.29 is 4.39 Å². The Labute approximate surface area is 99.3 Å². The van der Waals surface area contributed by atoms with Gasteiger partial charge in [0, 0.05) is 30.9 Å². The monoisotopic (exact) mass is 231 g/mol. The average molecular weight is 231 g/mol. The third-order valence-corrected chi connectivity index (χ3v) is 3.23. The summed E-state index contributed by atoms with van der Waals surface area (Å²) in [5, 5.41) is 3.22. The van der Waals surface area contributed by atoms with E-state index in [2.05, 4.69) is 10.3 Å². The van der Waals surface area contributed by atoms with Gasteiger partial charge in [-0.1, -0.05) is 6.07 Å². The molecule has 4 heteroatoms. The second-order valence-corrected chi connectivity index (χ2v) is 4.50. The minimum atomic E-state index is -0.206. The van der Waals surface area contributed by atoms with Gasteiger partial charge in [-0.3, -0.25) is 4.57 Å². The molecule has 1 aliphatic heterocycles. The molecular formula is C13H14FN3. The fraction of sp³-hybridized carbons (Fsp3) is 0.308. The topological polar surface area (TPSA) is 29.9 Å². The minimum absolute atomic E-state index is 0.206. The lowest BCUT2D eigenvalue weighted by Crippen LogP contribution is -2.40. The fourth-order valence-electron chi connectivity index (χ4n) is 2.11. The van der Waals surface area contributed by atoms with Crippen LogP contribution in [-0.2, 0) is 0 Å². The van der Waals surface area contributed by atoms with Gasteiger partial charge >= 0.3 is 0 Å². The van der Waals surface area contributed by atoms with Gasteiger partial charge < -0.3 is 5.32 Å². The highest BCUT2D eigenvalue weighted by Gasteiger charge is 2.23. The fourth-order valence-corrected chi connectivity index (χ4v) is 2.11. The molecule has 2 aromatic rings. The van der Waals surface area contributed by atoms with Crippen LogP contribution >= 0.6 is 0 Å². The SMILES string of the molecule is Cc1ccc(F)c(-n2cncc2C2CNC2)c1. The number of hydrogen-bond donors (Lipinski definition) is 1. The summed E-state index contributed by atoms with van der Waals surface area (Å²) >= 11 is 0. The first-order valence-electron chi connectivity index (χ1n) is 5.75. The highest BCUT2D eigenvalue weighted by atomic mass is 19.1. The number of imidazole rings is 1. The van der Waals surface area contributed by atoms with E-state index >= 15 is 0 Å². The molecule has 1 aliphatic rings. The first-order chi connectivity index (χ1) is 8.25. The van der Waals surface area contributed by atoms with Gasteiger partial charge in [0.25, 0.3) is 0 Å². The van der Waals surface area contributed by atoms with E-state index in [9.17, 15) is 4.39 Å². The maximum absolute atomic E-state index is 13.8. The van der Waals surface area contributed by atoms with Crippen molar-refractivity contribution in [1.82, 2.24) is 14.9 Å². The van der Waals surface area contributed by atoms with E-state index < -0.39 is 0 Å². The van der Waals surface area contributed by atoms with Gasteiger partial charge in [-0.05, 0) is 24.6 Å². The molecule has 17 heavy (non-hydrogen) atoms. The number of halogens is 1. The molecule has 1 saturated heterocycles. The van der Waals surface area contributed by atoms with E-state index in [1.165, 1.54) is 6.07 Å². The number of nitrogens with zero attached hydrogens (tertiary/aromatic N) is 2. The van der Waals surface area contributed by atoms with Gasteiger partial charge in [-0.25, -0.2) is 9.37 Å². The van der Waals surface area contributed by atoms with Crippen LogP contribution in [0.3, 0.4) is 0 Å². The second kappa shape index (κ2) is 3.96. The summed E-state index contributed by atoms with van der Waals surface area (Å²) < 4.78 is 15.7. The van der Waals surface area contributed by atoms with Crippen LogP contribution in [0.2, 0.25) is 0 Å². The van der Waals surface area contributed by atoms with Gasteiger partial charge in [0.1, 0.15) is 5.82 Å². The lowest BCUT2D eigenvalue weighted by Gasteiger charge is -2.28. The number of aryl methyl sites for hydroxylation is 1. The lowest BCUT2D eigenvalue weighted by atomic mass is 9.99. The average Bonchev–Trinajstić information content (AvgIpc) is 2.68. The number of rotatable bonds is 2. The molecule has 0 radical (unpaired) electrons. The first kappa shape index (κ1) is 10.5. The summed E-state index contributed by atoms with van der Waals surface area (Å²) in [6.07, 6.45) is 3.51. The summed E-state index contributed by atoms with van der Waals surface area (Å²) in [5.41, 5.74) is 2.71. The molecule has 1 N–H and O–H groups in total. The van der Waals surface area contributed by atoms with Gasteiger partial charge in [-0.15, -0.1) is 0 Å². The van der Waals surface area contributed by atoms with Crippen molar-refractivity contribution in [2.45, 2.75) is 12.8 Å². The summed E-state index contributed by atoms with van der Waals surface area (Å²) in [4.78, 5) is 4.14. The molecule has 1 aromatic heterocycles. The predicted molar refractivity (Wildman–Crippen MR) is 63.9 cm³/mol. The number of aromatic nitrogens is 2. The molecule has 88 valence electrons. The quantitative estimate of drug-likeness (QED) is 0.856. The van der Waals surface area contributed by atoms with Crippen LogP contribution in [0.5, 0.6) is 0 Å². The molecule has 1 aromatic carbocycles. The molecular weight excluding hydrogens is 217 g/mol. The predicted octanol–water partition coefficient (Wildman–Crippen LogP) is 2.01. The molecule has 3 rings (SSSR count). The van der Waals surface area contributed by atoms with Crippen molar-refractivity contribution in [1.29, 1.82) is 0 Å². The van der Waals surface area contributed by atoms with Crippen LogP contribution in [0.25, 0.3) is 5.69 Å². The number of hydrogen-bond acceptors (Lipinski definition) is 2. The van der Waals surface area contributed by atoms with Gasteiger partial charge in [-0.2, -0.15) is 0 Å². The van der Waals surface area contributed by atoms with Crippen molar-refractivity contribution in [3.05, 3.63) is 47.8 Å². The summed E-state index contributed by atoms with van der Waals surface area (Å²) in [6, 6.07) is 5.14. The molecule has 1 fully saturated rings. The van der Waals surface area contributed by atoms with E-state index in [0.29, 0.717) is 11.6 Å². The van der Waals surface area contributed by atoms with Crippen molar-refractivity contribution in [2.75, 3.05) is 13.1 Å². The maximum Gasteiger partial charge on any atom is 0.147 e. The number of nitrogens with one attached hydrogen (secondary N) is 1. The summed E-state index contributed by atoms with van der Waals surface area (Å²) in [7, 11) is 0. The van der Waals surface area contributed by atoms with Crippen LogP contribution in [0.15, 0.2) is 30.7 Å². The lowest BCUT2D eigenvalue weighted by molar-refractivity contribution is 0.434. The van der Waals surface area contributed by atoms with E-state index in [4.69, 9.17) is 0 Å². The Bertz CT molecular complexity index is 543. The van der Waals surface area contributed by atoms with Crippen molar-refractivity contribution in [2.24, 2.45) is 0 Å². The highest BCUT2D eigenvalue weighted by molar-refractivity contribution is 5.39. The minimum Gasteiger partial charge on any atom is -0.315 e. The van der Waals surface area contributed by atoms with Gasteiger partial charge in [0.05, 0.1) is 12.0 Å². The molecule has 3 nitrogen and oxygen atoms in total. The summed E-state index contributed by atoms with van der Waals surface area (Å²) in [5.74, 6) is 0.236. The van der Waals surface area contributed by atoms with E-state index in [0.717, 1.165) is 24.3 Å². The second-order valence-electron chi connectivity index (χ2n) is 4.50. The van der Waals surface area contributed by atoms with E-state index in [1.807, 2.05) is 23.8 Å². The smallest absolute Gasteiger partial charge is 0.147 e. The molecule has 0 spiro atoms. The van der Waals surface area contributed by atoms with Crippen molar-refractivity contribution in [3.63, 3.8) is 0 Å². The Kier molecular flexibility index (Phi) is 2.44. The van der Waals surface area contributed by atoms with Crippen LogP contribution < -0.4 is 5.32 Å². The molecule has 0 saturated carbocycles. The Morgan fingerprint density at radius 2 is 2.24 bits per heavy atom. The van der Waals surface area contributed by atoms with E-state index in [-0.39, 0.29) is 5.82 Å². The van der Waals surface area contributed by atoms with Gasteiger partial charge in [0.15, 0.2) is 0 Å². The third-order valence-electron chi connectivity index (χ3n) is 3.23. The molecule has 0 amide bonds. The highest BCUT2D eigenvalue weighted by Crippen LogP contribution is 2.24. The first-order valence-corrected chi connectivity index (χ1v) is 5.75. The van der Waals surface area contributed by atoms with Crippen LogP contribution in [0.1, 0.15) is 17.2 Å². The van der Waals surface area contributed by atoms with Crippen LogP contribution in [0, 0.1) is 12.7 Å². The Balaban J connectivity index is 2.08. The molecule has 0 aliphatic carbocycles. The zero-order valence-corrected chi connectivity index (χ0v) is 9.65. The normalized spacial score (nSPS) is 15.9. The molecule has 0 bridgehead atoms. The van der Waals surface area contributed by atoms with Crippen LogP contribution in [-0.4, -0.2) is 22.6 Å². The zero-order chi connectivity index (χ0) is 11.8. The molecule has 0 unspecified atom stereocenters. The Morgan fingerprint density at radius 1 is 1.41 bits per heavy atom. The van der Waals surface area contributed by atoms with Gasteiger partial charge in [0.2, 0.25) is 0 Å². The zero-order valence-electron chi connectivity index (χ0n) is 9.65. The van der Waals surface area contributed by atoms with E-state index in [1.54, 1.807) is 12.4 Å². The van der Waals surface area contributed by atoms with Crippen molar-refractivity contribution >= 4 is 0 Å². The Morgan fingerprint density at radius 3 is 2.94 bits per heavy atom. The number of benzene rings is 1. The third kappa shape index (κ3) is 1.74. The summed E-state index contributed by atoms with van der Waals surface area (Å²) in [6.45, 7) is 3.85. The van der Waals surface area contributed by atoms with Crippen LogP contribution in [0.4, 0.5) is 4.39 Å². The Hall–Kier alpha value is -1.68. The largest absolute Gasteiger partial charge is 0.315 e. The molecule has 2 heterocycles. The maximum atomic E-state index is 13.8.